The summed E-state index contributed by atoms with van der Waals surface area (Å²) in [5, 5.41) is 9.36. The second kappa shape index (κ2) is 13.2. The van der Waals surface area contributed by atoms with Crippen molar-refractivity contribution in [3.63, 3.8) is 0 Å². The van der Waals surface area contributed by atoms with E-state index in [2.05, 4.69) is 57.0 Å². The van der Waals surface area contributed by atoms with Gasteiger partial charge < -0.3 is 16.0 Å². The molecule has 1 aliphatic rings. The van der Waals surface area contributed by atoms with Crippen LogP contribution in [0.4, 0.5) is 0 Å². The lowest BCUT2D eigenvalue weighted by atomic mass is 10.1. The number of carbonyl (C=O) groups excluding carboxylic acids is 1. The number of nitrogens with zero attached hydrogens (tertiary/aromatic N) is 2. The molecule has 0 aromatic heterocycles. The maximum absolute atomic E-state index is 11.7. The summed E-state index contributed by atoms with van der Waals surface area (Å²) in [5.74, 6) is 0.831. The Balaban J connectivity index is 1.78. The zero-order chi connectivity index (χ0) is 20.0. The predicted molar refractivity (Wildman–Crippen MR) is 116 cm³/mol. The van der Waals surface area contributed by atoms with Crippen molar-refractivity contribution in [2.45, 2.75) is 59.0 Å². The van der Waals surface area contributed by atoms with E-state index in [1.54, 1.807) is 0 Å². The smallest absolute Gasteiger partial charge is 0.221 e. The molecule has 0 spiro atoms. The third kappa shape index (κ3) is 8.74. The first-order valence-corrected chi connectivity index (χ1v) is 10.8. The molecule has 0 atom stereocenters. The SMILES string of the molecule is CCCNC(=O)CCNC(=NCc1ccc(CN2CCCCC2)cc1)NCC. The lowest BCUT2D eigenvalue weighted by molar-refractivity contribution is -0.120. The molecule has 3 N–H and O–H groups in total. The highest BCUT2D eigenvalue weighted by Crippen LogP contribution is 2.14. The number of amides is 1. The first-order chi connectivity index (χ1) is 13.7. The summed E-state index contributed by atoms with van der Waals surface area (Å²) in [6.07, 6.45) is 5.44. The van der Waals surface area contributed by atoms with E-state index in [4.69, 9.17) is 0 Å². The van der Waals surface area contributed by atoms with Gasteiger partial charge in [-0.2, -0.15) is 0 Å². The lowest BCUT2D eigenvalue weighted by Crippen LogP contribution is -2.39. The second-order valence-electron chi connectivity index (χ2n) is 7.38. The van der Waals surface area contributed by atoms with E-state index in [0.29, 0.717) is 19.5 Å². The van der Waals surface area contributed by atoms with Gasteiger partial charge in [0.1, 0.15) is 0 Å². The van der Waals surface area contributed by atoms with Crippen LogP contribution in [0.5, 0.6) is 0 Å². The fraction of sp³-hybridized carbons (Fsp3) is 0.636. The monoisotopic (exact) mass is 387 g/mol. The molecule has 1 saturated heterocycles. The minimum atomic E-state index is 0.0782. The largest absolute Gasteiger partial charge is 0.357 e. The molecule has 6 nitrogen and oxygen atoms in total. The Morgan fingerprint density at radius 2 is 1.68 bits per heavy atom. The zero-order valence-electron chi connectivity index (χ0n) is 17.6. The third-order valence-corrected chi connectivity index (χ3v) is 4.86. The quantitative estimate of drug-likeness (QED) is 0.426. The van der Waals surface area contributed by atoms with Gasteiger partial charge in [-0.15, -0.1) is 0 Å². The average molecular weight is 388 g/mol. The maximum atomic E-state index is 11.7. The summed E-state index contributed by atoms with van der Waals surface area (Å²) in [5.41, 5.74) is 2.57. The van der Waals surface area contributed by atoms with Crippen LogP contribution in [0.3, 0.4) is 0 Å². The van der Waals surface area contributed by atoms with Gasteiger partial charge in [-0.25, -0.2) is 4.99 Å². The number of carbonyl (C=O) groups is 1. The van der Waals surface area contributed by atoms with Gasteiger partial charge in [0, 0.05) is 32.6 Å². The highest BCUT2D eigenvalue weighted by molar-refractivity contribution is 5.81. The average Bonchev–Trinajstić information content (AvgIpc) is 2.72. The molecule has 0 unspecified atom stereocenters. The number of hydrogen-bond acceptors (Lipinski definition) is 3. The van der Waals surface area contributed by atoms with Crippen molar-refractivity contribution >= 4 is 11.9 Å². The van der Waals surface area contributed by atoms with Gasteiger partial charge in [-0.05, 0) is 50.4 Å². The summed E-state index contributed by atoms with van der Waals surface area (Å²) in [6.45, 7) is 10.3. The molecule has 28 heavy (non-hydrogen) atoms. The Morgan fingerprint density at radius 3 is 2.36 bits per heavy atom. The molecular weight excluding hydrogens is 350 g/mol. The molecule has 1 aliphatic heterocycles. The predicted octanol–water partition coefficient (Wildman–Crippen LogP) is 2.64. The zero-order valence-corrected chi connectivity index (χ0v) is 17.6. The molecular formula is C22H37N5O. The minimum absolute atomic E-state index is 0.0782. The van der Waals surface area contributed by atoms with E-state index in [0.717, 1.165) is 32.0 Å². The van der Waals surface area contributed by atoms with Crippen LogP contribution >= 0.6 is 0 Å². The van der Waals surface area contributed by atoms with Crippen LogP contribution in [0.25, 0.3) is 0 Å². The maximum Gasteiger partial charge on any atom is 0.221 e. The number of nitrogens with one attached hydrogen (secondary N) is 3. The lowest BCUT2D eigenvalue weighted by Gasteiger charge is -2.26. The van der Waals surface area contributed by atoms with Crippen molar-refractivity contribution in [3.05, 3.63) is 35.4 Å². The van der Waals surface area contributed by atoms with Gasteiger partial charge in [0.05, 0.1) is 6.54 Å². The number of likely N-dealkylation sites (tertiary alicyclic amines) is 1. The minimum Gasteiger partial charge on any atom is -0.357 e. The first-order valence-electron chi connectivity index (χ1n) is 10.8. The molecule has 0 radical (unpaired) electrons. The second-order valence-corrected chi connectivity index (χ2v) is 7.38. The molecule has 0 bridgehead atoms. The summed E-state index contributed by atoms with van der Waals surface area (Å²) >= 11 is 0. The summed E-state index contributed by atoms with van der Waals surface area (Å²) in [6, 6.07) is 8.78. The van der Waals surface area contributed by atoms with Crippen molar-refractivity contribution in [2.75, 3.05) is 32.7 Å². The van der Waals surface area contributed by atoms with Crippen molar-refractivity contribution in [1.29, 1.82) is 0 Å². The van der Waals surface area contributed by atoms with Crippen LogP contribution in [0.2, 0.25) is 0 Å². The number of guanidine groups is 1. The van der Waals surface area contributed by atoms with Gasteiger partial charge in [-0.3, -0.25) is 9.69 Å². The Bertz CT molecular complexity index is 593. The standard InChI is InChI=1S/C22H37N5O/c1-3-13-24-21(28)12-14-25-22(23-4-2)26-17-19-8-10-20(11-9-19)18-27-15-6-5-7-16-27/h8-11H,3-7,12-18H2,1-2H3,(H,24,28)(H2,23,25,26). The van der Waals surface area contributed by atoms with Crippen molar-refractivity contribution in [2.24, 2.45) is 4.99 Å². The van der Waals surface area contributed by atoms with Gasteiger partial charge in [0.15, 0.2) is 5.96 Å². The molecule has 6 heteroatoms. The van der Waals surface area contributed by atoms with Crippen molar-refractivity contribution in [1.82, 2.24) is 20.9 Å². The van der Waals surface area contributed by atoms with E-state index in [1.165, 1.54) is 43.5 Å². The number of piperidine rings is 1. The molecule has 1 amide bonds. The number of hydrogen-bond donors (Lipinski definition) is 3. The molecule has 1 fully saturated rings. The van der Waals surface area contributed by atoms with E-state index in [1.807, 2.05) is 6.92 Å². The molecule has 1 aromatic rings. The van der Waals surface area contributed by atoms with Crippen LogP contribution in [0.15, 0.2) is 29.3 Å². The molecule has 0 saturated carbocycles. The van der Waals surface area contributed by atoms with Crippen LogP contribution in [-0.4, -0.2) is 49.5 Å². The third-order valence-electron chi connectivity index (χ3n) is 4.86. The Morgan fingerprint density at radius 1 is 0.964 bits per heavy atom. The van der Waals surface area contributed by atoms with Gasteiger partial charge in [-0.1, -0.05) is 37.6 Å². The van der Waals surface area contributed by atoms with Crippen molar-refractivity contribution in [3.8, 4) is 0 Å². The van der Waals surface area contributed by atoms with E-state index >= 15 is 0 Å². The van der Waals surface area contributed by atoms with E-state index in [-0.39, 0.29) is 5.91 Å². The fourth-order valence-corrected chi connectivity index (χ4v) is 3.29. The first kappa shape index (κ1) is 22.2. The molecule has 1 aromatic carbocycles. The van der Waals surface area contributed by atoms with Crippen LogP contribution < -0.4 is 16.0 Å². The molecule has 1 heterocycles. The molecule has 0 aliphatic carbocycles. The highest BCUT2D eigenvalue weighted by Gasteiger charge is 2.10. The Hall–Kier alpha value is -2.08. The van der Waals surface area contributed by atoms with Crippen LogP contribution in [0, 0.1) is 0 Å². The van der Waals surface area contributed by atoms with E-state index < -0.39 is 0 Å². The Kier molecular flexibility index (Phi) is 10.4. The van der Waals surface area contributed by atoms with Gasteiger partial charge in [0.2, 0.25) is 5.91 Å². The molecule has 2 rings (SSSR count). The summed E-state index contributed by atoms with van der Waals surface area (Å²) in [4.78, 5) is 18.9. The topological polar surface area (TPSA) is 68.8 Å². The number of rotatable bonds is 10. The van der Waals surface area contributed by atoms with Crippen molar-refractivity contribution < 1.29 is 4.79 Å². The van der Waals surface area contributed by atoms with Gasteiger partial charge >= 0.3 is 0 Å². The highest BCUT2D eigenvalue weighted by atomic mass is 16.1. The van der Waals surface area contributed by atoms with Crippen LogP contribution in [-0.2, 0) is 17.9 Å². The normalized spacial score (nSPS) is 15.3. The molecule has 156 valence electrons. The van der Waals surface area contributed by atoms with Crippen LogP contribution in [0.1, 0.15) is 57.1 Å². The summed E-state index contributed by atoms with van der Waals surface area (Å²) in [7, 11) is 0. The van der Waals surface area contributed by atoms with E-state index in [9.17, 15) is 4.79 Å². The number of benzene rings is 1. The summed E-state index contributed by atoms with van der Waals surface area (Å²) < 4.78 is 0. The van der Waals surface area contributed by atoms with Gasteiger partial charge in [0.25, 0.3) is 0 Å². The Labute approximate surface area is 170 Å². The number of aliphatic imine (C=N–C) groups is 1. The fourth-order valence-electron chi connectivity index (χ4n) is 3.29.